The molecule has 0 fully saturated rings. The third kappa shape index (κ3) is 6.19. The Morgan fingerprint density at radius 3 is 3.04 bits per heavy atom. The Hall–Kier alpha value is -2.34. The Balaban J connectivity index is 1.93. The van der Waals surface area contributed by atoms with E-state index in [0.29, 0.717) is 29.7 Å². The minimum atomic E-state index is 0.542. The molecule has 2 aromatic rings. The third-order valence-electron chi connectivity index (χ3n) is 3.74. The average molecular weight is 376 g/mol. The van der Waals surface area contributed by atoms with Crippen LogP contribution in [-0.2, 0) is 6.42 Å². The van der Waals surface area contributed by atoms with Gasteiger partial charge in [0.25, 0.3) is 0 Å². The van der Waals surface area contributed by atoms with Crippen molar-refractivity contribution in [3.63, 3.8) is 0 Å². The van der Waals surface area contributed by atoms with Crippen molar-refractivity contribution in [3.8, 4) is 11.4 Å². The molecule has 0 amide bonds. The lowest BCUT2D eigenvalue weighted by atomic mass is 10.2. The summed E-state index contributed by atoms with van der Waals surface area (Å²) in [6, 6.07) is 7.40. The van der Waals surface area contributed by atoms with Crippen LogP contribution in [0.3, 0.4) is 0 Å². The predicted molar refractivity (Wildman–Crippen MR) is 106 cm³/mol. The molecule has 0 atom stereocenters. The van der Waals surface area contributed by atoms with Gasteiger partial charge in [-0.25, -0.2) is 0 Å². The van der Waals surface area contributed by atoms with Crippen molar-refractivity contribution >= 4 is 17.6 Å². The Bertz CT molecular complexity index is 728. The lowest BCUT2D eigenvalue weighted by Crippen LogP contribution is -2.39. The van der Waals surface area contributed by atoms with Crippen LogP contribution in [0.5, 0.6) is 0 Å². The highest BCUT2D eigenvalue weighted by molar-refractivity contribution is 6.30. The molecule has 0 aliphatic carbocycles. The molecule has 1 aromatic heterocycles. The number of aliphatic imine (C=N–C) groups is 1. The monoisotopic (exact) mass is 375 g/mol. The zero-order chi connectivity index (χ0) is 18.8. The maximum Gasteiger partial charge on any atom is 0.228 e. The van der Waals surface area contributed by atoms with Crippen LogP contribution in [0.1, 0.15) is 25.7 Å². The van der Waals surface area contributed by atoms with Gasteiger partial charge in [-0.1, -0.05) is 35.0 Å². The predicted octanol–water partition coefficient (Wildman–Crippen LogP) is 3.80. The van der Waals surface area contributed by atoms with Gasteiger partial charge in [0.05, 0.1) is 6.54 Å². The topological polar surface area (TPSA) is 66.5 Å². The SMILES string of the molecule is C=CCCCN(C)C(=NCCc1nc(-c2cccc(Cl)c2)no1)NCC. The lowest BCUT2D eigenvalue weighted by Gasteiger charge is -2.21. The number of hydrogen-bond acceptors (Lipinski definition) is 4. The first kappa shape index (κ1) is 20.0. The Labute approximate surface area is 160 Å². The van der Waals surface area contributed by atoms with Crippen LogP contribution in [0.2, 0.25) is 5.02 Å². The van der Waals surface area contributed by atoms with Gasteiger partial charge in [0.2, 0.25) is 11.7 Å². The minimum Gasteiger partial charge on any atom is -0.357 e. The molecular formula is C19H26ClN5O. The van der Waals surface area contributed by atoms with E-state index in [9.17, 15) is 0 Å². The highest BCUT2D eigenvalue weighted by atomic mass is 35.5. The summed E-state index contributed by atoms with van der Waals surface area (Å²) in [4.78, 5) is 11.2. The molecule has 0 spiro atoms. The summed E-state index contributed by atoms with van der Waals surface area (Å²) in [7, 11) is 2.04. The summed E-state index contributed by atoms with van der Waals surface area (Å²) in [5, 5.41) is 7.97. The van der Waals surface area contributed by atoms with E-state index in [0.717, 1.165) is 37.5 Å². The molecule has 0 saturated heterocycles. The average Bonchev–Trinajstić information content (AvgIpc) is 3.10. The molecule has 0 saturated carbocycles. The van der Waals surface area contributed by atoms with Crippen LogP contribution in [0.15, 0.2) is 46.4 Å². The van der Waals surface area contributed by atoms with Gasteiger partial charge in [0.15, 0.2) is 5.96 Å². The van der Waals surface area contributed by atoms with E-state index >= 15 is 0 Å². The minimum absolute atomic E-state index is 0.542. The summed E-state index contributed by atoms with van der Waals surface area (Å²) >= 11 is 6.00. The van der Waals surface area contributed by atoms with Crippen LogP contribution >= 0.6 is 11.6 Å². The van der Waals surface area contributed by atoms with Crippen LogP contribution in [0.4, 0.5) is 0 Å². The number of allylic oxidation sites excluding steroid dienone is 1. The van der Waals surface area contributed by atoms with Crippen LogP contribution in [0, 0.1) is 0 Å². The molecule has 0 bridgehead atoms. The standard InChI is InChI=1S/C19H26ClN5O/c1-4-6-7-13-25(3)19(21-5-2)22-12-11-17-23-18(24-26-17)15-9-8-10-16(20)14-15/h4,8-10,14H,1,5-7,11-13H2,2-3H3,(H,21,22). The Morgan fingerprint density at radius 1 is 1.46 bits per heavy atom. The van der Waals surface area contributed by atoms with Crippen molar-refractivity contribution in [1.82, 2.24) is 20.4 Å². The molecule has 1 aromatic carbocycles. The summed E-state index contributed by atoms with van der Waals surface area (Å²) in [6.45, 7) is 8.14. The molecule has 7 heteroatoms. The van der Waals surface area contributed by atoms with Crippen LogP contribution in [0.25, 0.3) is 11.4 Å². The molecule has 6 nitrogen and oxygen atoms in total. The lowest BCUT2D eigenvalue weighted by molar-refractivity contribution is 0.380. The molecule has 26 heavy (non-hydrogen) atoms. The van der Waals surface area contributed by atoms with E-state index in [1.807, 2.05) is 37.4 Å². The molecule has 0 unspecified atom stereocenters. The fourth-order valence-electron chi connectivity index (χ4n) is 2.41. The molecule has 140 valence electrons. The molecular weight excluding hydrogens is 350 g/mol. The second-order valence-electron chi connectivity index (χ2n) is 5.86. The van der Waals surface area contributed by atoms with E-state index in [4.69, 9.17) is 16.1 Å². The fourth-order valence-corrected chi connectivity index (χ4v) is 2.60. The van der Waals surface area contributed by atoms with Gasteiger partial charge in [0.1, 0.15) is 0 Å². The van der Waals surface area contributed by atoms with Gasteiger partial charge < -0.3 is 14.7 Å². The highest BCUT2D eigenvalue weighted by Crippen LogP contribution is 2.19. The zero-order valence-corrected chi connectivity index (χ0v) is 16.2. The van der Waals surface area contributed by atoms with E-state index in [-0.39, 0.29) is 0 Å². The Morgan fingerprint density at radius 2 is 2.31 bits per heavy atom. The highest BCUT2D eigenvalue weighted by Gasteiger charge is 2.09. The van der Waals surface area contributed by atoms with Gasteiger partial charge in [-0.15, -0.1) is 6.58 Å². The van der Waals surface area contributed by atoms with Gasteiger partial charge in [-0.05, 0) is 31.9 Å². The van der Waals surface area contributed by atoms with E-state index in [1.165, 1.54) is 0 Å². The quantitative estimate of drug-likeness (QED) is 0.312. The number of guanidine groups is 1. The first-order valence-electron chi connectivity index (χ1n) is 8.83. The van der Waals surface area contributed by atoms with Crippen molar-refractivity contribution in [2.75, 3.05) is 26.7 Å². The smallest absolute Gasteiger partial charge is 0.228 e. The number of halogens is 1. The van der Waals surface area contributed by atoms with Crippen molar-refractivity contribution in [2.24, 2.45) is 4.99 Å². The number of nitrogens with zero attached hydrogens (tertiary/aromatic N) is 4. The second-order valence-corrected chi connectivity index (χ2v) is 6.30. The van der Waals surface area contributed by atoms with Gasteiger partial charge >= 0.3 is 0 Å². The summed E-state index contributed by atoms with van der Waals surface area (Å²) < 4.78 is 5.32. The van der Waals surface area contributed by atoms with Crippen molar-refractivity contribution < 1.29 is 4.52 Å². The van der Waals surface area contributed by atoms with E-state index in [2.05, 4.69) is 38.9 Å². The van der Waals surface area contributed by atoms with Gasteiger partial charge in [-0.2, -0.15) is 4.98 Å². The maximum atomic E-state index is 6.00. The molecule has 0 aliphatic rings. The molecule has 0 radical (unpaired) electrons. The maximum absolute atomic E-state index is 6.00. The summed E-state index contributed by atoms with van der Waals surface area (Å²) in [5.41, 5.74) is 0.839. The largest absolute Gasteiger partial charge is 0.357 e. The first-order valence-corrected chi connectivity index (χ1v) is 9.20. The number of nitrogens with one attached hydrogen (secondary N) is 1. The summed E-state index contributed by atoms with van der Waals surface area (Å²) in [5.74, 6) is 1.99. The van der Waals surface area contributed by atoms with Crippen molar-refractivity contribution in [3.05, 3.63) is 47.8 Å². The number of aromatic nitrogens is 2. The third-order valence-corrected chi connectivity index (χ3v) is 3.97. The van der Waals surface area contributed by atoms with Gasteiger partial charge in [-0.3, -0.25) is 4.99 Å². The number of hydrogen-bond donors (Lipinski definition) is 1. The van der Waals surface area contributed by atoms with E-state index in [1.54, 1.807) is 0 Å². The summed E-state index contributed by atoms with van der Waals surface area (Å²) in [6.07, 6.45) is 4.57. The number of rotatable bonds is 9. The van der Waals surface area contributed by atoms with Gasteiger partial charge in [0, 0.05) is 37.1 Å². The molecule has 1 N–H and O–H groups in total. The first-order chi connectivity index (χ1) is 12.6. The van der Waals surface area contributed by atoms with E-state index < -0.39 is 0 Å². The van der Waals surface area contributed by atoms with Crippen molar-refractivity contribution in [1.29, 1.82) is 0 Å². The Kier molecular flexibility index (Phi) is 8.15. The normalized spacial score (nSPS) is 11.4. The second kappa shape index (κ2) is 10.6. The van der Waals surface area contributed by atoms with Crippen molar-refractivity contribution in [2.45, 2.75) is 26.2 Å². The number of benzene rings is 1. The van der Waals surface area contributed by atoms with Crippen LogP contribution in [-0.4, -0.2) is 47.7 Å². The zero-order valence-electron chi connectivity index (χ0n) is 15.4. The number of unbranched alkanes of at least 4 members (excludes halogenated alkanes) is 1. The molecule has 0 aliphatic heterocycles. The fraction of sp³-hybridized carbons (Fsp3) is 0.421. The molecule has 1 heterocycles. The molecule has 2 rings (SSSR count). The van der Waals surface area contributed by atoms with Crippen LogP contribution < -0.4 is 5.32 Å².